The second kappa shape index (κ2) is 3.23. The van der Waals surface area contributed by atoms with Crippen LogP contribution in [0.2, 0.25) is 0 Å². The Labute approximate surface area is 81.1 Å². The Morgan fingerprint density at radius 3 is 3.07 bits per heavy atom. The maximum absolute atomic E-state index is 11.4. The molecule has 1 aromatic carbocycles. The number of hydrogen-bond acceptors (Lipinski definition) is 3. The van der Waals surface area contributed by atoms with Crippen molar-refractivity contribution in [2.45, 2.75) is 6.92 Å². The first-order chi connectivity index (χ1) is 6.72. The van der Waals surface area contributed by atoms with Gasteiger partial charge in [-0.1, -0.05) is 11.6 Å². The predicted molar refractivity (Wildman–Crippen MR) is 54.2 cm³/mol. The lowest BCUT2D eigenvalue weighted by molar-refractivity contribution is 0.0998. The maximum Gasteiger partial charge on any atom is 0.197 e. The molecule has 1 aromatic heterocycles. The number of nitrogens with two attached hydrogens (primary N) is 1. The van der Waals surface area contributed by atoms with Crippen LogP contribution in [0.1, 0.15) is 16.1 Å². The van der Waals surface area contributed by atoms with Gasteiger partial charge in [0.15, 0.2) is 5.78 Å². The molecule has 0 atom stereocenters. The van der Waals surface area contributed by atoms with Crippen LogP contribution in [0.4, 0.5) is 0 Å². The molecule has 0 aliphatic rings. The molecule has 0 amide bonds. The summed E-state index contributed by atoms with van der Waals surface area (Å²) in [5, 5.41) is 7.60. The Hall–Kier alpha value is -1.68. The first kappa shape index (κ1) is 8.90. The normalized spacial score (nSPS) is 10.7. The van der Waals surface area contributed by atoms with Gasteiger partial charge < -0.3 is 5.73 Å². The highest BCUT2D eigenvalue weighted by molar-refractivity contribution is 6.06. The Morgan fingerprint density at radius 1 is 1.57 bits per heavy atom. The summed E-state index contributed by atoms with van der Waals surface area (Å²) in [4.78, 5) is 11.4. The molecule has 0 unspecified atom stereocenters. The van der Waals surface area contributed by atoms with Gasteiger partial charge in [-0.25, -0.2) is 0 Å². The molecule has 4 nitrogen and oxygen atoms in total. The third-order valence-electron chi connectivity index (χ3n) is 2.17. The van der Waals surface area contributed by atoms with Crippen molar-refractivity contribution in [3.8, 4) is 0 Å². The second-order valence-electron chi connectivity index (χ2n) is 3.25. The Morgan fingerprint density at radius 2 is 2.36 bits per heavy atom. The van der Waals surface area contributed by atoms with E-state index in [1.807, 2.05) is 25.1 Å². The summed E-state index contributed by atoms with van der Waals surface area (Å²) in [5.74, 6) is -0.137. The summed E-state index contributed by atoms with van der Waals surface area (Å²) in [6.07, 6.45) is 0. The van der Waals surface area contributed by atoms with E-state index < -0.39 is 0 Å². The van der Waals surface area contributed by atoms with Crippen molar-refractivity contribution in [1.82, 2.24) is 10.2 Å². The van der Waals surface area contributed by atoms with Crippen molar-refractivity contribution in [1.29, 1.82) is 0 Å². The highest BCUT2D eigenvalue weighted by Gasteiger charge is 2.11. The zero-order valence-corrected chi connectivity index (χ0v) is 7.87. The monoisotopic (exact) mass is 189 g/mol. The molecule has 14 heavy (non-hydrogen) atoms. The van der Waals surface area contributed by atoms with Gasteiger partial charge in [-0.3, -0.25) is 9.89 Å². The molecule has 3 N–H and O–H groups in total. The van der Waals surface area contributed by atoms with Crippen LogP contribution in [0, 0.1) is 6.92 Å². The van der Waals surface area contributed by atoms with Crippen LogP contribution in [0.15, 0.2) is 18.2 Å². The van der Waals surface area contributed by atoms with Crippen molar-refractivity contribution in [2.24, 2.45) is 5.73 Å². The summed E-state index contributed by atoms with van der Waals surface area (Å²) in [6, 6.07) is 5.81. The standard InChI is InChI=1S/C10H11N3O/c1-6-2-3-8-7(4-6)10(13-12-8)9(14)5-11/h2-4H,5,11H2,1H3,(H,12,13). The van der Waals surface area contributed by atoms with Gasteiger partial charge in [0, 0.05) is 5.39 Å². The first-order valence-corrected chi connectivity index (χ1v) is 4.40. The van der Waals surface area contributed by atoms with E-state index >= 15 is 0 Å². The first-order valence-electron chi connectivity index (χ1n) is 4.40. The van der Waals surface area contributed by atoms with E-state index in [9.17, 15) is 4.79 Å². The number of nitrogens with zero attached hydrogens (tertiary/aromatic N) is 1. The number of ketones is 1. The minimum Gasteiger partial charge on any atom is -0.324 e. The van der Waals surface area contributed by atoms with Gasteiger partial charge in [-0.15, -0.1) is 0 Å². The minimum atomic E-state index is -0.137. The lowest BCUT2D eigenvalue weighted by Gasteiger charge is -1.94. The number of carbonyl (C=O) groups excluding carboxylic acids is 1. The lowest BCUT2D eigenvalue weighted by Crippen LogP contribution is -2.14. The molecule has 0 radical (unpaired) electrons. The van der Waals surface area contributed by atoms with Crippen molar-refractivity contribution < 1.29 is 4.79 Å². The van der Waals surface area contributed by atoms with Crippen LogP contribution >= 0.6 is 0 Å². The maximum atomic E-state index is 11.4. The third kappa shape index (κ3) is 1.29. The molecule has 0 saturated carbocycles. The van der Waals surface area contributed by atoms with Crippen LogP contribution in [-0.4, -0.2) is 22.5 Å². The number of rotatable bonds is 2. The number of benzene rings is 1. The molecule has 0 saturated heterocycles. The Balaban J connectivity index is 2.67. The van der Waals surface area contributed by atoms with Gasteiger partial charge in [-0.2, -0.15) is 5.10 Å². The van der Waals surface area contributed by atoms with Crippen LogP contribution in [0.25, 0.3) is 10.9 Å². The van der Waals surface area contributed by atoms with E-state index in [-0.39, 0.29) is 12.3 Å². The van der Waals surface area contributed by atoms with Gasteiger partial charge in [0.25, 0.3) is 0 Å². The van der Waals surface area contributed by atoms with E-state index in [4.69, 9.17) is 5.73 Å². The number of carbonyl (C=O) groups is 1. The number of aryl methyl sites for hydroxylation is 1. The molecular weight excluding hydrogens is 178 g/mol. The summed E-state index contributed by atoms with van der Waals surface area (Å²) in [7, 11) is 0. The highest BCUT2D eigenvalue weighted by atomic mass is 16.1. The Kier molecular flexibility index (Phi) is 2.05. The number of nitrogens with one attached hydrogen (secondary N) is 1. The van der Waals surface area contributed by atoms with Crippen molar-refractivity contribution in [3.05, 3.63) is 29.5 Å². The van der Waals surface area contributed by atoms with Crippen LogP contribution in [-0.2, 0) is 0 Å². The third-order valence-corrected chi connectivity index (χ3v) is 2.17. The van der Waals surface area contributed by atoms with Crippen molar-refractivity contribution in [3.63, 3.8) is 0 Å². The largest absolute Gasteiger partial charge is 0.324 e. The molecule has 0 aliphatic heterocycles. The molecule has 72 valence electrons. The zero-order chi connectivity index (χ0) is 10.1. The topological polar surface area (TPSA) is 71.8 Å². The zero-order valence-electron chi connectivity index (χ0n) is 7.87. The number of fused-ring (bicyclic) bond motifs is 1. The number of hydrogen-bond donors (Lipinski definition) is 2. The predicted octanol–water partition coefficient (Wildman–Crippen LogP) is 1.01. The number of aromatic amines is 1. The quantitative estimate of drug-likeness (QED) is 0.692. The van der Waals surface area contributed by atoms with Crippen molar-refractivity contribution in [2.75, 3.05) is 6.54 Å². The second-order valence-corrected chi connectivity index (χ2v) is 3.25. The number of H-pyrrole nitrogens is 1. The van der Waals surface area contributed by atoms with E-state index in [2.05, 4.69) is 10.2 Å². The van der Waals surface area contributed by atoms with Gasteiger partial charge in [0.1, 0.15) is 5.69 Å². The van der Waals surface area contributed by atoms with E-state index in [1.54, 1.807) is 0 Å². The molecule has 1 heterocycles. The van der Waals surface area contributed by atoms with Crippen LogP contribution in [0.5, 0.6) is 0 Å². The fraction of sp³-hybridized carbons (Fsp3) is 0.200. The van der Waals surface area contributed by atoms with Gasteiger partial charge >= 0.3 is 0 Å². The molecular formula is C10H11N3O. The fourth-order valence-corrected chi connectivity index (χ4v) is 1.44. The fourth-order valence-electron chi connectivity index (χ4n) is 1.44. The summed E-state index contributed by atoms with van der Waals surface area (Å²) >= 11 is 0. The highest BCUT2D eigenvalue weighted by Crippen LogP contribution is 2.17. The number of aromatic nitrogens is 2. The molecule has 0 aliphatic carbocycles. The van der Waals surface area contributed by atoms with E-state index in [0.717, 1.165) is 16.5 Å². The van der Waals surface area contributed by atoms with Gasteiger partial charge in [0.2, 0.25) is 0 Å². The number of Topliss-reactive ketones (excluding diaryl/α,β-unsaturated/α-hetero) is 1. The average Bonchev–Trinajstić information content (AvgIpc) is 2.59. The Bertz CT molecular complexity index is 487. The van der Waals surface area contributed by atoms with Gasteiger partial charge in [-0.05, 0) is 19.1 Å². The average molecular weight is 189 g/mol. The van der Waals surface area contributed by atoms with Crippen molar-refractivity contribution >= 4 is 16.7 Å². The smallest absolute Gasteiger partial charge is 0.197 e. The molecule has 0 fully saturated rings. The molecule has 2 rings (SSSR count). The SMILES string of the molecule is Cc1ccc2[nH]nc(C(=O)CN)c2c1. The minimum absolute atomic E-state index is 0.00606. The van der Waals surface area contributed by atoms with Gasteiger partial charge in [0.05, 0.1) is 12.1 Å². The summed E-state index contributed by atoms with van der Waals surface area (Å²) in [5.41, 5.74) is 7.69. The van der Waals surface area contributed by atoms with E-state index in [1.165, 1.54) is 0 Å². The molecule has 0 spiro atoms. The van der Waals surface area contributed by atoms with Crippen LogP contribution in [0.3, 0.4) is 0 Å². The van der Waals surface area contributed by atoms with E-state index in [0.29, 0.717) is 5.69 Å². The van der Waals surface area contributed by atoms with Crippen LogP contribution < -0.4 is 5.73 Å². The lowest BCUT2D eigenvalue weighted by atomic mass is 10.1. The molecule has 4 heteroatoms. The summed E-state index contributed by atoms with van der Waals surface area (Å²) in [6.45, 7) is 1.97. The molecule has 0 bridgehead atoms. The molecule has 2 aromatic rings. The summed E-state index contributed by atoms with van der Waals surface area (Å²) < 4.78 is 0.